The van der Waals surface area contributed by atoms with E-state index < -0.39 is 0 Å². The molecular formula is C16H19ClFN3O. The van der Waals surface area contributed by atoms with Crippen LogP contribution in [0.2, 0.25) is 5.02 Å². The number of morpholine rings is 1. The van der Waals surface area contributed by atoms with Gasteiger partial charge in [-0.3, -0.25) is 10.00 Å². The number of aromatic nitrogens is 2. The zero-order valence-corrected chi connectivity index (χ0v) is 13.5. The van der Waals surface area contributed by atoms with Gasteiger partial charge in [-0.05, 0) is 37.6 Å². The molecule has 0 saturated carbocycles. The summed E-state index contributed by atoms with van der Waals surface area (Å²) in [6.07, 6.45) is 0. The number of aryl methyl sites for hydroxylation is 2. The summed E-state index contributed by atoms with van der Waals surface area (Å²) in [5.74, 6) is -0.264. The smallest absolute Gasteiger partial charge is 0.123 e. The highest BCUT2D eigenvalue weighted by Gasteiger charge is 2.29. The van der Waals surface area contributed by atoms with E-state index >= 15 is 0 Å². The molecule has 1 aromatic heterocycles. The monoisotopic (exact) mass is 323 g/mol. The van der Waals surface area contributed by atoms with E-state index in [2.05, 4.69) is 15.1 Å². The van der Waals surface area contributed by atoms with Crippen molar-refractivity contribution in [1.82, 2.24) is 15.1 Å². The van der Waals surface area contributed by atoms with Crippen LogP contribution in [0.4, 0.5) is 4.39 Å². The van der Waals surface area contributed by atoms with Gasteiger partial charge in [-0.25, -0.2) is 4.39 Å². The summed E-state index contributed by atoms with van der Waals surface area (Å²) in [5, 5.41) is 7.88. The minimum absolute atomic E-state index is 0.104. The van der Waals surface area contributed by atoms with E-state index in [-0.39, 0.29) is 11.9 Å². The molecule has 0 aliphatic carbocycles. The number of hydrogen-bond donors (Lipinski definition) is 1. The molecule has 1 atom stereocenters. The standard InChI is InChI=1S/C16H19ClFN3O/c1-10-16(11(2)20-19-10)15-9-22-6-5-21(15)8-12-7-13(18)3-4-14(12)17/h3-4,7,15H,5-6,8-9H2,1-2H3,(H,19,20). The van der Waals surface area contributed by atoms with Gasteiger partial charge in [-0.15, -0.1) is 0 Å². The normalized spacial score (nSPS) is 19.5. The maximum Gasteiger partial charge on any atom is 0.123 e. The van der Waals surface area contributed by atoms with Crippen LogP contribution in [-0.4, -0.2) is 34.9 Å². The number of nitrogens with one attached hydrogen (secondary N) is 1. The topological polar surface area (TPSA) is 41.1 Å². The second kappa shape index (κ2) is 6.36. The zero-order valence-electron chi connectivity index (χ0n) is 12.7. The summed E-state index contributed by atoms with van der Waals surface area (Å²) in [6, 6.07) is 4.60. The second-order valence-corrected chi connectivity index (χ2v) is 6.05. The first-order valence-electron chi connectivity index (χ1n) is 7.33. The molecule has 6 heteroatoms. The molecule has 1 N–H and O–H groups in total. The summed E-state index contributed by atoms with van der Waals surface area (Å²) in [4.78, 5) is 2.27. The number of nitrogens with zero attached hydrogens (tertiary/aromatic N) is 2. The fraction of sp³-hybridized carbons (Fsp3) is 0.438. The van der Waals surface area contributed by atoms with Crippen LogP contribution in [0.1, 0.15) is 28.6 Å². The first-order chi connectivity index (χ1) is 10.6. The maximum atomic E-state index is 13.5. The van der Waals surface area contributed by atoms with Crippen molar-refractivity contribution in [2.75, 3.05) is 19.8 Å². The molecule has 1 aliphatic rings. The van der Waals surface area contributed by atoms with Gasteiger partial charge < -0.3 is 4.74 Å². The van der Waals surface area contributed by atoms with Crippen molar-refractivity contribution in [2.24, 2.45) is 0 Å². The predicted molar refractivity (Wildman–Crippen MR) is 83.4 cm³/mol. The van der Waals surface area contributed by atoms with Crippen molar-refractivity contribution < 1.29 is 9.13 Å². The molecule has 0 radical (unpaired) electrons. The number of benzene rings is 1. The van der Waals surface area contributed by atoms with Gasteiger partial charge in [-0.2, -0.15) is 5.10 Å². The average molecular weight is 324 g/mol. The average Bonchev–Trinajstić information content (AvgIpc) is 2.83. The van der Waals surface area contributed by atoms with Gasteiger partial charge >= 0.3 is 0 Å². The fourth-order valence-corrected chi connectivity index (χ4v) is 3.20. The molecule has 1 fully saturated rings. The lowest BCUT2D eigenvalue weighted by atomic mass is 10.0. The number of hydrogen-bond acceptors (Lipinski definition) is 3. The van der Waals surface area contributed by atoms with Crippen molar-refractivity contribution in [3.63, 3.8) is 0 Å². The third kappa shape index (κ3) is 3.02. The Kier molecular flexibility index (Phi) is 4.47. The lowest BCUT2D eigenvalue weighted by Gasteiger charge is -2.36. The lowest BCUT2D eigenvalue weighted by molar-refractivity contribution is -0.0131. The van der Waals surface area contributed by atoms with Gasteiger partial charge in [0.25, 0.3) is 0 Å². The van der Waals surface area contributed by atoms with Crippen LogP contribution in [0.25, 0.3) is 0 Å². The quantitative estimate of drug-likeness (QED) is 0.941. The molecule has 118 valence electrons. The predicted octanol–water partition coefficient (Wildman–Crippen LogP) is 3.39. The Labute approximate surface area is 134 Å². The van der Waals surface area contributed by atoms with Gasteiger partial charge in [-0.1, -0.05) is 11.6 Å². The third-order valence-corrected chi connectivity index (χ3v) is 4.51. The van der Waals surface area contributed by atoms with Gasteiger partial charge in [0.15, 0.2) is 0 Å². The molecule has 0 spiro atoms. The molecule has 22 heavy (non-hydrogen) atoms. The SMILES string of the molecule is Cc1n[nH]c(C)c1C1COCCN1Cc1cc(F)ccc1Cl. The Morgan fingerprint density at radius 3 is 3.00 bits per heavy atom. The second-order valence-electron chi connectivity index (χ2n) is 5.64. The van der Waals surface area contributed by atoms with Crippen LogP contribution in [0.5, 0.6) is 0 Å². The van der Waals surface area contributed by atoms with E-state index in [9.17, 15) is 4.39 Å². The largest absolute Gasteiger partial charge is 0.378 e. The van der Waals surface area contributed by atoms with Crippen LogP contribution in [0, 0.1) is 19.7 Å². The van der Waals surface area contributed by atoms with Crippen LogP contribution < -0.4 is 0 Å². The minimum atomic E-state index is -0.264. The highest BCUT2D eigenvalue weighted by atomic mass is 35.5. The van der Waals surface area contributed by atoms with Crippen LogP contribution >= 0.6 is 11.6 Å². The van der Waals surface area contributed by atoms with Gasteiger partial charge in [0.2, 0.25) is 0 Å². The molecule has 1 saturated heterocycles. The van der Waals surface area contributed by atoms with E-state index in [1.54, 1.807) is 6.07 Å². The van der Waals surface area contributed by atoms with Gasteiger partial charge in [0.1, 0.15) is 5.82 Å². The Hall–Kier alpha value is -1.43. The summed E-state index contributed by atoms with van der Waals surface area (Å²) in [7, 11) is 0. The van der Waals surface area contributed by atoms with E-state index in [1.807, 2.05) is 13.8 Å². The van der Waals surface area contributed by atoms with Crippen molar-refractivity contribution in [3.8, 4) is 0 Å². The van der Waals surface area contributed by atoms with Crippen molar-refractivity contribution in [3.05, 3.63) is 51.6 Å². The van der Waals surface area contributed by atoms with Crippen molar-refractivity contribution in [2.45, 2.75) is 26.4 Å². The summed E-state index contributed by atoms with van der Waals surface area (Å²) < 4.78 is 19.1. The molecule has 2 aromatic rings. The molecule has 3 rings (SSSR count). The van der Waals surface area contributed by atoms with Crippen molar-refractivity contribution in [1.29, 1.82) is 0 Å². The van der Waals surface area contributed by atoms with Crippen LogP contribution in [0.3, 0.4) is 0 Å². The van der Waals surface area contributed by atoms with Crippen molar-refractivity contribution >= 4 is 11.6 Å². The Morgan fingerprint density at radius 1 is 1.45 bits per heavy atom. The molecule has 0 amide bonds. The Balaban J connectivity index is 1.89. The van der Waals surface area contributed by atoms with Gasteiger partial charge in [0, 0.05) is 29.4 Å². The molecule has 0 bridgehead atoms. The number of H-pyrrole nitrogens is 1. The highest BCUT2D eigenvalue weighted by Crippen LogP contribution is 2.31. The zero-order chi connectivity index (χ0) is 15.7. The number of aromatic amines is 1. The highest BCUT2D eigenvalue weighted by molar-refractivity contribution is 6.31. The summed E-state index contributed by atoms with van der Waals surface area (Å²) >= 11 is 6.21. The van der Waals surface area contributed by atoms with E-state index in [1.165, 1.54) is 12.1 Å². The Bertz CT molecular complexity index is 654. The maximum absolute atomic E-state index is 13.5. The molecular weight excluding hydrogens is 305 g/mol. The van der Waals surface area contributed by atoms with Crippen LogP contribution in [-0.2, 0) is 11.3 Å². The third-order valence-electron chi connectivity index (χ3n) is 4.14. The first kappa shape index (κ1) is 15.5. The van der Waals surface area contributed by atoms with E-state index in [4.69, 9.17) is 16.3 Å². The number of ether oxygens (including phenoxy) is 1. The number of halogens is 2. The van der Waals surface area contributed by atoms with E-state index in [0.717, 1.165) is 29.1 Å². The molecule has 2 heterocycles. The molecule has 1 aliphatic heterocycles. The van der Waals surface area contributed by atoms with Crippen LogP contribution in [0.15, 0.2) is 18.2 Å². The lowest BCUT2D eigenvalue weighted by Crippen LogP contribution is -2.39. The van der Waals surface area contributed by atoms with Gasteiger partial charge in [0.05, 0.1) is 24.9 Å². The number of rotatable bonds is 3. The molecule has 1 aromatic carbocycles. The van der Waals surface area contributed by atoms with E-state index in [0.29, 0.717) is 24.8 Å². The molecule has 1 unspecified atom stereocenters. The summed E-state index contributed by atoms with van der Waals surface area (Å²) in [6.45, 7) is 6.64. The fourth-order valence-electron chi connectivity index (χ4n) is 3.03. The molecule has 4 nitrogen and oxygen atoms in total. The minimum Gasteiger partial charge on any atom is -0.378 e. The summed E-state index contributed by atoms with van der Waals surface area (Å²) in [5.41, 5.74) is 3.98. The first-order valence-corrected chi connectivity index (χ1v) is 7.71. The Morgan fingerprint density at radius 2 is 2.27 bits per heavy atom.